The molecule has 0 atom stereocenters. The van der Waals surface area contributed by atoms with Crippen molar-refractivity contribution in [2.75, 3.05) is 10.2 Å². The standard InChI is InChI=1S/C21H15FN2O2S/c1-13-5-2-3-6-16(13)24-20(25)18(17-7-4-12-27-17)19(21(24)26)23-15-10-8-14(22)9-11-15/h2-12,23H,1H3. The molecule has 1 aliphatic heterocycles. The molecule has 4 rings (SSSR count). The smallest absolute Gasteiger partial charge is 0.282 e. The van der Waals surface area contributed by atoms with Gasteiger partial charge in [0.2, 0.25) is 0 Å². The highest BCUT2D eigenvalue weighted by Gasteiger charge is 2.41. The molecule has 0 aliphatic carbocycles. The van der Waals surface area contributed by atoms with Crippen molar-refractivity contribution in [2.45, 2.75) is 6.92 Å². The third-order valence-corrected chi connectivity index (χ3v) is 5.21. The summed E-state index contributed by atoms with van der Waals surface area (Å²) in [5.41, 5.74) is 2.43. The minimum Gasteiger partial charge on any atom is -0.350 e. The van der Waals surface area contributed by atoms with Crippen molar-refractivity contribution in [3.05, 3.63) is 88.0 Å². The van der Waals surface area contributed by atoms with Gasteiger partial charge in [-0.25, -0.2) is 9.29 Å². The van der Waals surface area contributed by atoms with Crippen molar-refractivity contribution in [3.63, 3.8) is 0 Å². The zero-order chi connectivity index (χ0) is 19.0. The van der Waals surface area contributed by atoms with Crippen LogP contribution in [0.5, 0.6) is 0 Å². The first-order chi connectivity index (χ1) is 13.1. The summed E-state index contributed by atoms with van der Waals surface area (Å²) in [5, 5.41) is 4.87. The van der Waals surface area contributed by atoms with Crippen LogP contribution in [0.4, 0.5) is 15.8 Å². The predicted molar refractivity (Wildman–Crippen MR) is 105 cm³/mol. The lowest BCUT2D eigenvalue weighted by Crippen LogP contribution is -2.32. The normalized spacial score (nSPS) is 14.2. The fourth-order valence-electron chi connectivity index (χ4n) is 3.01. The summed E-state index contributed by atoms with van der Waals surface area (Å²) in [6, 6.07) is 16.5. The molecule has 6 heteroatoms. The number of rotatable bonds is 4. The molecule has 27 heavy (non-hydrogen) atoms. The number of aryl methyl sites for hydroxylation is 1. The summed E-state index contributed by atoms with van der Waals surface area (Å²) in [7, 11) is 0. The van der Waals surface area contributed by atoms with Crippen LogP contribution in [-0.4, -0.2) is 11.8 Å². The highest BCUT2D eigenvalue weighted by molar-refractivity contribution is 7.11. The van der Waals surface area contributed by atoms with Crippen LogP contribution in [0.2, 0.25) is 0 Å². The lowest BCUT2D eigenvalue weighted by molar-refractivity contribution is -0.120. The number of hydrogen-bond acceptors (Lipinski definition) is 4. The fraction of sp³-hybridized carbons (Fsp3) is 0.0476. The molecule has 0 saturated heterocycles. The first-order valence-corrected chi connectivity index (χ1v) is 9.19. The maximum absolute atomic E-state index is 13.2. The number of para-hydroxylation sites is 1. The Kier molecular flexibility index (Phi) is 4.33. The summed E-state index contributed by atoms with van der Waals surface area (Å²) in [6.45, 7) is 1.85. The van der Waals surface area contributed by atoms with Crippen LogP contribution in [-0.2, 0) is 9.59 Å². The van der Waals surface area contributed by atoms with Crippen molar-refractivity contribution in [2.24, 2.45) is 0 Å². The van der Waals surface area contributed by atoms with Crippen LogP contribution in [0.3, 0.4) is 0 Å². The molecule has 2 amide bonds. The first-order valence-electron chi connectivity index (χ1n) is 8.31. The number of carbonyl (C=O) groups is 2. The van der Waals surface area contributed by atoms with E-state index in [2.05, 4.69) is 5.32 Å². The van der Waals surface area contributed by atoms with E-state index < -0.39 is 5.91 Å². The van der Waals surface area contributed by atoms with E-state index in [0.29, 0.717) is 21.8 Å². The van der Waals surface area contributed by atoms with Crippen molar-refractivity contribution < 1.29 is 14.0 Å². The highest BCUT2D eigenvalue weighted by atomic mass is 32.1. The second kappa shape index (κ2) is 6.81. The SMILES string of the molecule is Cc1ccccc1N1C(=O)C(Nc2ccc(F)cc2)=C(c2cccs2)C1=O. The number of hydrogen-bond donors (Lipinski definition) is 1. The van der Waals surface area contributed by atoms with Crippen molar-refractivity contribution in [1.29, 1.82) is 0 Å². The predicted octanol–water partition coefficient (Wildman–Crippen LogP) is 4.59. The number of anilines is 2. The summed E-state index contributed by atoms with van der Waals surface area (Å²) in [4.78, 5) is 28.2. The molecule has 134 valence electrons. The zero-order valence-corrected chi connectivity index (χ0v) is 15.2. The van der Waals surface area contributed by atoms with Gasteiger partial charge in [0, 0.05) is 10.6 Å². The second-order valence-electron chi connectivity index (χ2n) is 6.09. The van der Waals surface area contributed by atoms with Gasteiger partial charge in [-0.2, -0.15) is 0 Å². The minimum atomic E-state index is -0.429. The largest absolute Gasteiger partial charge is 0.350 e. The Hall–Kier alpha value is -3.25. The third-order valence-electron chi connectivity index (χ3n) is 4.32. The monoisotopic (exact) mass is 378 g/mol. The molecule has 0 spiro atoms. The van der Waals surface area contributed by atoms with E-state index in [9.17, 15) is 14.0 Å². The van der Waals surface area contributed by atoms with Crippen molar-refractivity contribution >= 4 is 40.1 Å². The molecule has 3 aromatic rings. The van der Waals surface area contributed by atoms with E-state index in [0.717, 1.165) is 5.56 Å². The van der Waals surface area contributed by atoms with Crippen LogP contribution in [0.1, 0.15) is 10.4 Å². The molecule has 1 aromatic heterocycles. The van der Waals surface area contributed by atoms with Gasteiger partial charge < -0.3 is 5.32 Å². The minimum absolute atomic E-state index is 0.192. The van der Waals surface area contributed by atoms with Crippen LogP contribution >= 0.6 is 11.3 Å². The maximum atomic E-state index is 13.2. The number of nitrogens with zero attached hydrogens (tertiary/aromatic N) is 1. The Morgan fingerprint density at radius 2 is 1.67 bits per heavy atom. The van der Waals surface area contributed by atoms with Gasteiger partial charge in [-0.15, -0.1) is 11.3 Å². The first kappa shape index (κ1) is 17.2. The van der Waals surface area contributed by atoms with E-state index >= 15 is 0 Å². The molecular weight excluding hydrogens is 363 g/mol. The molecule has 1 N–H and O–H groups in total. The fourth-order valence-corrected chi connectivity index (χ4v) is 3.77. The maximum Gasteiger partial charge on any atom is 0.282 e. The van der Waals surface area contributed by atoms with Gasteiger partial charge in [-0.3, -0.25) is 9.59 Å². The van der Waals surface area contributed by atoms with E-state index in [1.54, 1.807) is 18.2 Å². The molecule has 2 aromatic carbocycles. The van der Waals surface area contributed by atoms with Gasteiger partial charge in [0.15, 0.2) is 0 Å². The molecule has 2 heterocycles. The number of nitrogens with one attached hydrogen (secondary N) is 1. The quantitative estimate of drug-likeness (QED) is 0.676. The number of amides is 2. The van der Waals surface area contributed by atoms with Gasteiger partial charge in [0.1, 0.15) is 11.5 Å². The van der Waals surface area contributed by atoms with E-state index in [1.807, 2.05) is 30.5 Å². The molecule has 0 bridgehead atoms. The van der Waals surface area contributed by atoms with E-state index in [4.69, 9.17) is 0 Å². The van der Waals surface area contributed by atoms with Crippen molar-refractivity contribution in [1.82, 2.24) is 0 Å². The Morgan fingerprint density at radius 3 is 2.33 bits per heavy atom. The molecule has 0 unspecified atom stereocenters. The molecule has 0 fully saturated rings. The number of imide groups is 1. The average molecular weight is 378 g/mol. The van der Waals surface area contributed by atoms with Crippen LogP contribution in [0.15, 0.2) is 71.7 Å². The van der Waals surface area contributed by atoms with Crippen LogP contribution < -0.4 is 10.2 Å². The van der Waals surface area contributed by atoms with Gasteiger partial charge in [0.05, 0.1) is 11.3 Å². The zero-order valence-electron chi connectivity index (χ0n) is 14.4. The number of benzene rings is 2. The Bertz CT molecular complexity index is 1060. The molecule has 0 saturated carbocycles. The van der Waals surface area contributed by atoms with E-state index in [1.165, 1.54) is 40.5 Å². The molecule has 4 nitrogen and oxygen atoms in total. The van der Waals surface area contributed by atoms with Crippen molar-refractivity contribution in [3.8, 4) is 0 Å². The molecule has 0 radical (unpaired) electrons. The van der Waals surface area contributed by atoms with Gasteiger partial charge in [0.25, 0.3) is 11.8 Å². The summed E-state index contributed by atoms with van der Waals surface area (Å²) >= 11 is 1.39. The molecule has 1 aliphatic rings. The van der Waals surface area contributed by atoms with Crippen LogP contribution in [0, 0.1) is 12.7 Å². The number of carbonyl (C=O) groups excluding carboxylic acids is 2. The lowest BCUT2D eigenvalue weighted by Gasteiger charge is -2.17. The van der Waals surface area contributed by atoms with Crippen LogP contribution in [0.25, 0.3) is 5.57 Å². The Labute approximate surface area is 159 Å². The Balaban J connectivity index is 1.81. The second-order valence-corrected chi connectivity index (χ2v) is 7.04. The number of thiophene rings is 1. The number of halogens is 1. The van der Waals surface area contributed by atoms with Gasteiger partial charge >= 0.3 is 0 Å². The Morgan fingerprint density at radius 1 is 0.926 bits per heavy atom. The topological polar surface area (TPSA) is 49.4 Å². The molecular formula is C21H15FN2O2S. The van der Waals surface area contributed by atoms with E-state index in [-0.39, 0.29) is 17.4 Å². The lowest BCUT2D eigenvalue weighted by atomic mass is 10.1. The van der Waals surface area contributed by atoms with Gasteiger partial charge in [-0.05, 0) is 54.3 Å². The summed E-state index contributed by atoms with van der Waals surface area (Å²) in [6.07, 6.45) is 0. The summed E-state index contributed by atoms with van der Waals surface area (Å²) in [5.74, 6) is -1.17. The third kappa shape index (κ3) is 3.04. The average Bonchev–Trinajstić information content (AvgIpc) is 3.25. The van der Waals surface area contributed by atoms with Gasteiger partial charge in [-0.1, -0.05) is 24.3 Å². The highest BCUT2D eigenvalue weighted by Crippen LogP contribution is 2.36. The summed E-state index contributed by atoms with van der Waals surface area (Å²) < 4.78 is 13.2.